The second-order valence-corrected chi connectivity index (χ2v) is 15.4. The van der Waals surface area contributed by atoms with Gasteiger partial charge in [-0.2, -0.15) is 0 Å². The lowest BCUT2D eigenvalue weighted by atomic mass is 10.0. The number of anilines is 1. The van der Waals surface area contributed by atoms with Crippen LogP contribution in [0.4, 0.5) is 5.69 Å². The fourth-order valence-corrected chi connectivity index (χ4v) is 8.02. The van der Waals surface area contributed by atoms with Crippen LogP contribution in [0, 0.1) is 0 Å². The molecule has 0 bridgehead atoms. The van der Waals surface area contributed by atoms with Crippen LogP contribution in [0.2, 0.25) is 0 Å². The molecule has 1 atom stereocenters. The van der Waals surface area contributed by atoms with Crippen molar-refractivity contribution in [2.45, 2.75) is 62.6 Å². The Balaban J connectivity index is 1.56. The number of ether oxygens (including phenoxy) is 1. The Morgan fingerprint density at radius 1 is 0.854 bits per heavy atom. The minimum atomic E-state index is -4.21. The van der Waals surface area contributed by atoms with Crippen molar-refractivity contribution in [2.24, 2.45) is 0 Å². The zero-order valence-electron chi connectivity index (χ0n) is 26.7. The topological polar surface area (TPSA) is 96.0 Å². The maximum absolute atomic E-state index is 14.7. The Labute approximate surface area is 299 Å². The predicted octanol–water partition coefficient (Wildman–Crippen LogP) is 7.50. The predicted molar refractivity (Wildman–Crippen MR) is 195 cm³/mol. The normalized spacial score (nSPS) is 13.9. The van der Waals surface area contributed by atoms with Crippen LogP contribution < -0.4 is 14.4 Å². The summed E-state index contributed by atoms with van der Waals surface area (Å²) in [6.45, 7) is 1.90. The molecule has 2 amide bonds. The summed E-state index contributed by atoms with van der Waals surface area (Å²) in [6, 6.07) is 29.2. The number of hydrogen-bond acceptors (Lipinski definition) is 5. The first kappa shape index (κ1) is 35.6. The summed E-state index contributed by atoms with van der Waals surface area (Å²) in [5, 5.41) is 3.20. The van der Waals surface area contributed by atoms with Gasteiger partial charge in [0.1, 0.15) is 18.3 Å². The lowest BCUT2D eigenvalue weighted by molar-refractivity contribution is -0.140. The van der Waals surface area contributed by atoms with Gasteiger partial charge in [-0.15, -0.1) is 0 Å². The Morgan fingerprint density at radius 3 is 2.17 bits per heavy atom. The maximum Gasteiger partial charge on any atom is 0.264 e. The van der Waals surface area contributed by atoms with E-state index in [0.29, 0.717) is 18.0 Å². The average Bonchev–Trinajstić information content (AvgIpc) is 3.59. The number of benzene rings is 4. The fraction of sp³-hybridized carbons (Fsp3) is 0.297. The first-order valence-electron chi connectivity index (χ1n) is 16.0. The van der Waals surface area contributed by atoms with Crippen molar-refractivity contribution in [1.29, 1.82) is 0 Å². The van der Waals surface area contributed by atoms with Crippen LogP contribution in [-0.4, -0.2) is 50.4 Å². The van der Waals surface area contributed by atoms with Gasteiger partial charge in [-0.25, -0.2) is 8.42 Å². The second-order valence-electron chi connectivity index (χ2n) is 11.7. The number of hydrogen-bond donors (Lipinski definition) is 1. The van der Waals surface area contributed by atoms with Gasteiger partial charge < -0.3 is 15.0 Å². The van der Waals surface area contributed by atoms with Crippen LogP contribution in [0.15, 0.2) is 117 Å². The molecule has 8 nitrogen and oxygen atoms in total. The number of sulfonamides is 1. The molecule has 0 radical (unpaired) electrons. The zero-order valence-corrected chi connectivity index (χ0v) is 30.7. The van der Waals surface area contributed by atoms with E-state index in [1.165, 1.54) is 17.0 Å². The molecular weight excluding hydrogens is 758 g/mol. The third-order valence-electron chi connectivity index (χ3n) is 8.33. The molecular formula is C37H39Br2N3O5S. The number of carbonyl (C=O) groups is 2. The number of halogens is 2. The molecule has 0 heterocycles. The highest BCUT2D eigenvalue weighted by Gasteiger charge is 2.35. The Kier molecular flexibility index (Phi) is 12.3. The number of carbonyl (C=O) groups excluding carboxylic acids is 2. The van der Waals surface area contributed by atoms with Crippen LogP contribution in [0.3, 0.4) is 0 Å². The largest absolute Gasteiger partial charge is 0.494 e. The molecule has 1 aliphatic carbocycles. The lowest BCUT2D eigenvalue weighted by Crippen LogP contribution is -2.54. The van der Waals surface area contributed by atoms with Gasteiger partial charge in [-0.1, -0.05) is 87.2 Å². The van der Waals surface area contributed by atoms with Crippen molar-refractivity contribution in [3.05, 3.63) is 123 Å². The van der Waals surface area contributed by atoms with Crippen molar-refractivity contribution in [3.63, 3.8) is 0 Å². The minimum Gasteiger partial charge on any atom is -0.494 e. The molecule has 0 aliphatic heterocycles. The highest BCUT2D eigenvalue weighted by Crippen LogP contribution is 2.28. The number of nitrogens with one attached hydrogen (secondary N) is 1. The summed E-state index contributed by atoms with van der Waals surface area (Å²) in [5.41, 5.74) is 1.99. The summed E-state index contributed by atoms with van der Waals surface area (Å²) < 4.78 is 36.8. The first-order valence-corrected chi connectivity index (χ1v) is 19.1. The second kappa shape index (κ2) is 16.6. The van der Waals surface area contributed by atoms with Crippen molar-refractivity contribution >= 4 is 59.4 Å². The van der Waals surface area contributed by atoms with E-state index in [0.717, 1.165) is 50.1 Å². The van der Waals surface area contributed by atoms with Gasteiger partial charge >= 0.3 is 0 Å². The summed E-state index contributed by atoms with van der Waals surface area (Å²) in [7, 11) is -4.21. The highest BCUT2D eigenvalue weighted by molar-refractivity contribution is 9.10. The molecule has 1 saturated carbocycles. The number of amides is 2. The molecule has 252 valence electrons. The van der Waals surface area contributed by atoms with Crippen molar-refractivity contribution < 1.29 is 22.7 Å². The molecule has 0 spiro atoms. The molecule has 4 aromatic carbocycles. The summed E-state index contributed by atoms with van der Waals surface area (Å²) >= 11 is 6.90. The van der Waals surface area contributed by atoms with Crippen LogP contribution in [0.5, 0.6) is 5.75 Å². The maximum atomic E-state index is 14.7. The van der Waals surface area contributed by atoms with Gasteiger partial charge in [-0.3, -0.25) is 13.9 Å². The molecule has 11 heteroatoms. The Hall–Kier alpha value is -3.67. The van der Waals surface area contributed by atoms with Gasteiger partial charge in [-0.05, 0) is 91.6 Å². The van der Waals surface area contributed by atoms with E-state index in [-0.39, 0.29) is 29.8 Å². The molecule has 0 saturated heterocycles. The van der Waals surface area contributed by atoms with E-state index in [2.05, 4.69) is 37.2 Å². The smallest absolute Gasteiger partial charge is 0.264 e. The molecule has 1 fully saturated rings. The quantitative estimate of drug-likeness (QED) is 0.143. The molecule has 1 N–H and O–H groups in total. The van der Waals surface area contributed by atoms with Crippen molar-refractivity contribution in [1.82, 2.24) is 10.2 Å². The Morgan fingerprint density at radius 2 is 1.52 bits per heavy atom. The van der Waals surface area contributed by atoms with Crippen LogP contribution in [-0.2, 0) is 32.6 Å². The lowest BCUT2D eigenvalue weighted by Gasteiger charge is -2.34. The standard InChI is InChI=1S/C37H39Br2N3O5S/c1-2-47-33-19-17-32(18-20-33)42(48(45,46)34-21-15-29(38)16-22-34)26-36(43)41(25-28-11-8-12-30(39)23-28)35(24-27-9-4-3-5-10-27)37(44)40-31-13-6-7-14-31/h3-5,8-12,15-23,31,35H,2,6-7,13-14,24-26H2,1H3,(H,40,44). The van der Waals surface area contributed by atoms with E-state index < -0.39 is 28.5 Å². The van der Waals surface area contributed by atoms with Gasteiger partial charge in [0, 0.05) is 28.0 Å². The fourth-order valence-electron chi connectivity index (χ4n) is 5.89. The van der Waals surface area contributed by atoms with E-state index in [9.17, 15) is 18.0 Å². The summed E-state index contributed by atoms with van der Waals surface area (Å²) in [6.07, 6.45) is 4.13. The molecule has 48 heavy (non-hydrogen) atoms. The highest BCUT2D eigenvalue weighted by atomic mass is 79.9. The molecule has 4 aromatic rings. The molecule has 1 unspecified atom stereocenters. The van der Waals surface area contributed by atoms with Gasteiger partial charge in [0.2, 0.25) is 11.8 Å². The SMILES string of the molecule is CCOc1ccc(N(CC(=O)N(Cc2cccc(Br)c2)C(Cc2ccccc2)C(=O)NC2CCCC2)S(=O)(=O)c2ccc(Br)cc2)cc1. The third-order valence-corrected chi connectivity index (χ3v) is 11.1. The van der Waals surface area contributed by atoms with Crippen LogP contribution in [0.1, 0.15) is 43.7 Å². The van der Waals surface area contributed by atoms with E-state index in [4.69, 9.17) is 4.74 Å². The third kappa shape index (κ3) is 9.27. The number of rotatable bonds is 14. The van der Waals surface area contributed by atoms with Gasteiger partial charge in [0.25, 0.3) is 10.0 Å². The monoisotopic (exact) mass is 795 g/mol. The van der Waals surface area contributed by atoms with E-state index >= 15 is 0 Å². The summed E-state index contributed by atoms with van der Waals surface area (Å²) in [5.74, 6) is -0.180. The molecule has 5 rings (SSSR count). The average molecular weight is 798 g/mol. The first-order chi connectivity index (χ1) is 23.1. The molecule has 0 aromatic heterocycles. The Bertz CT molecular complexity index is 1780. The van der Waals surface area contributed by atoms with Crippen LogP contribution >= 0.6 is 31.9 Å². The van der Waals surface area contributed by atoms with E-state index in [1.807, 2.05) is 61.5 Å². The summed E-state index contributed by atoms with van der Waals surface area (Å²) in [4.78, 5) is 30.4. The van der Waals surface area contributed by atoms with Crippen molar-refractivity contribution in [3.8, 4) is 5.75 Å². The van der Waals surface area contributed by atoms with Gasteiger partial charge in [0.15, 0.2) is 0 Å². The minimum absolute atomic E-state index is 0.0331. The number of nitrogens with zero attached hydrogens (tertiary/aromatic N) is 2. The van der Waals surface area contributed by atoms with Crippen LogP contribution in [0.25, 0.3) is 0 Å². The zero-order chi connectivity index (χ0) is 34.1. The van der Waals surface area contributed by atoms with Crippen molar-refractivity contribution in [2.75, 3.05) is 17.5 Å². The van der Waals surface area contributed by atoms with Gasteiger partial charge in [0.05, 0.1) is 17.2 Å². The molecule has 1 aliphatic rings. The van der Waals surface area contributed by atoms with E-state index in [1.54, 1.807) is 36.4 Å².